The molecule has 3 nitrogen and oxygen atoms in total. The Kier molecular flexibility index (Phi) is 3.16. The zero-order valence-corrected chi connectivity index (χ0v) is 13.3. The molecule has 1 aromatic heterocycles. The Morgan fingerprint density at radius 2 is 2.20 bits per heavy atom. The topological polar surface area (TPSA) is 42.2 Å². The van der Waals surface area contributed by atoms with Gasteiger partial charge in [-0.25, -0.2) is 0 Å². The first-order chi connectivity index (χ1) is 9.38. The van der Waals surface area contributed by atoms with Crippen LogP contribution in [-0.4, -0.2) is 15.6 Å². The summed E-state index contributed by atoms with van der Waals surface area (Å²) >= 11 is 3.63. The van der Waals surface area contributed by atoms with Gasteiger partial charge in [-0.1, -0.05) is 6.07 Å². The van der Waals surface area contributed by atoms with Crippen molar-refractivity contribution >= 4 is 32.8 Å². The molecule has 1 N–H and O–H groups in total. The lowest BCUT2D eigenvalue weighted by Crippen LogP contribution is -2.26. The number of aliphatic carboxylic acids is 1. The quantitative estimate of drug-likeness (QED) is 0.920. The largest absolute Gasteiger partial charge is 0.481 e. The monoisotopic (exact) mass is 335 g/mol. The molecular formula is C16H18BrNO2. The third kappa shape index (κ3) is 2.16. The number of carbonyl (C=O) groups is 1. The van der Waals surface area contributed by atoms with E-state index in [0.29, 0.717) is 6.42 Å². The summed E-state index contributed by atoms with van der Waals surface area (Å²) < 4.78 is 3.40. The van der Waals surface area contributed by atoms with Crippen LogP contribution in [0.15, 0.2) is 22.8 Å². The summed E-state index contributed by atoms with van der Waals surface area (Å²) in [5.74, 6) is -0.747. The zero-order valence-electron chi connectivity index (χ0n) is 11.7. The van der Waals surface area contributed by atoms with Gasteiger partial charge >= 0.3 is 5.97 Å². The first-order valence-corrected chi connectivity index (χ1v) is 7.71. The van der Waals surface area contributed by atoms with E-state index in [2.05, 4.69) is 38.8 Å². The standard InChI is InChI=1S/C16H18BrNO2/c1-16(2,15(19)20)8-10-6-11-4-3-5-18-9-13(17)12(7-10)14(11)18/h6-7,9H,3-5,8H2,1-2H3,(H,19,20). The Morgan fingerprint density at radius 1 is 1.45 bits per heavy atom. The van der Waals surface area contributed by atoms with Crippen molar-refractivity contribution in [2.24, 2.45) is 5.41 Å². The minimum atomic E-state index is -0.747. The molecule has 0 aliphatic carbocycles. The van der Waals surface area contributed by atoms with Crippen molar-refractivity contribution in [3.05, 3.63) is 33.9 Å². The zero-order chi connectivity index (χ0) is 14.5. The molecule has 0 bridgehead atoms. The Balaban J connectivity index is 2.11. The van der Waals surface area contributed by atoms with Crippen molar-refractivity contribution in [1.29, 1.82) is 0 Å². The van der Waals surface area contributed by atoms with Crippen LogP contribution in [0.5, 0.6) is 0 Å². The van der Waals surface area contributed by atoms with Gasteiger partial charge in [-0.05, 0) is 66.2 Å². The lowest BCUT2D eigenvalue weighted by Gasteiger charge is -2.21. The maximum absolute atomic E-state index is 11.3. The number of rotatable bonds is 3. The molecule has 1 aliphatic heterocycles. The number of nitrogens with zero attached hydrogens (tertiary/aromatic N) is 1. The van der Waals surface area contributed by atoms with Gasteiger partial charge in [0.25, 0.3) is 0 Å². The number of aryl methyl sites for hydroxylation is 2. The average Bonchev–Trinajstić information content (AvgIpc) is 2.67. The van der Waals surface area contributed by atoms with E-state index in [1.165, 1.54) is 16.5 Å². The first kappa shape index (κ1) is 13.7. The highest BCUT2D eigenvalue weighted by Gasteiger charge is 2.28. The summed E-state index contributed by atoms with van der Waals surface area (Å²) in [4.78, 5) is 11.3. The molecule has 0 atom stereocenters. The molecule has 0 fully saturated rings. The van der Waals surface area contributed by atoms with E-state index in [4.69, 9.17) is 0 Å². The number of carboxylic acid groups (broad SMARTS) is 1. The Morgan fingerprint density at radius 3 is 2.90 bits per heavy atom. The third-order valence-corrected chi connectivity index (χ3v) is 4.76. The van der Waals surface area contributed by atoms with Crippen LogP contribution in [0, 0.1) is 5.41 Å². The van der Waals surface area contributed by atoms with Gasteiger partial charge in [-0.2, -0.15) is 0 Å². The predicted molar refractivity (Wildman–Crippen MR) is 83.1 cm³/mol. The molecular weight excluding hydrogens is 318 g/mol. The molecule has 20 heavy (non-hydrogen) atoms. The van der Waals surface area contributed by atoms with Crippen LogP contribution < -0.4 is 0 Å². The molecule has 1 aliphatic rings. The molecule has 0 radical (unpaired) electrons. The van der Waals surface area contributed by atoms with Gasteiger partial charge in [0.05, 0.1) is 10.9 Å². The van der Waals surface area contributed by atoms with E-state index in [0.717, 1.165) is 29.4 Å². The number of halogens is 1. The number of hydrogen-bond acceptors (Lipinski definition) is 1. The fourth-order valence-corrected chi connectivity index (χ4v) is 3.60. The lowest BCUT2D eigenvalue weighted by atomic mass is 9.84. The highest BCUT2D eigenvalue weighted by molar-refractivity contribution is 9.10. The number of benzene rings is 1. The molecule has 4 heteroatoms. The molecule has 2 heterocycles. The summed E-state index contributed by atoms with van der Waals surface area (Å²) in [5, 5.41) is 10.5. The maximum atomic E-state index is 11.3. The Hall–Kier alpha value is -1.29. The number of aromatic nitrogens is 1. The third-order valence-electron chi connectivity index (χ3n) is 4.13. The molecule has 0 spiro atoms. The second-order valence-corrected chi connectivity index (χ2v) is 7.15. The minimum Gasteiger partial charge on any atom is -0.481 e. The summed E-state index contributed by atoms with van der Waals surface area (Å²) in [6.07, 6.45) is 4.92. The number of carboxylic acids is 1. The van der Waals surface area contributed by atoms with Crippen LogP contribution >= 0.6 is 15.9 Å². The van der Waals surface area contributed by atoms with Crippen LogP contribution in [-0.2, 0) is 24.2 Å². The van der Waals surface area contributed by atoms with Crippen LogP contribution in [0.1, 0.15) is 31.4 Å². The second-order valence-electron chi connectivity index (χ2n) is 6.29. The molecule has 3 rings (SSSR count). The van der Waals surface area contributed by atoms with Crippen molar-refractivity contribution in [3.63, 3.8) is 0 Å². The van der Waals surface area contributed by atoms with Crippen molar-refractivity contribution < 1.29 is 9.90 Å². The van der Waals surface area contributed by atoms with Crippen molar-refractivity contribution in [2.45, 2.75) is 39.7 Å². The first-order valence-electron chi connectivity index (χ1n) is 6.92. The van der Waals surface area contributed by atoms with Gasteiger partial charge in [0.15, 0.2) is 0 Å². The van der Waals surface area contributed by atoms with E-state index in [-0.39, 0.29) is 0 Å². The van der Waals surface area contributed by atoms with Gasteiger partial charge in [0, 0.05) is 22.6 Å². The van der Waals surface area contributed by atoms with Crippen LogP contribution in [0.25, 0.3) is 10.9 Å². The summed E-state index contributed by atoms with van der Waals surface area (Å²) in [5.41, 5.74) is 3.03. The van der Waals surface area contributed by atoms with Crippen molar-refractivity contribution in [2.75, 3.05) is 0 Å². The predicted octanol–water partition coefficient (Wildman–Crippen LogP) is 4.00. The molecule has 0 unspecified atom stereocenters. The molecule has 2 aromatic rings. The molecule has 1 aromatic carbocycles. The molecule has 106 valence electrons. The highest BCUT2D eigenvalue weighted by Crippen LogP contribution is 2.35. The van der Waals surface area contributed by atoms with E-state index < -0.39 is 11.4 Å². The minimum absolute atomic E-state index is 0.558. The van der Waals surface area contributed by atoms with Crippen LogP contribution in [0.3, 0.4) is 0 Å². The number of hydrogen-bond donors (Lipinski definition) is 1. The summed E-state index contributed by atoms with van der Waals surface area (Å²) in [6, 6.07) is 4.32. The van der Waals surface area contributed by atoms with Gasteiger partial charge in [0.1, 0.15) is 0 Å². The van der Waals surface area contributed by atoms with Gasteiger partial charge in [0.2, 0.25) is 0 Å². The smallest absolute Gasteiger partial charge is 0.309 e. The van der Waals surface area contributed by atoms with E-state index in [9.17, 15) is 9.90 Å². The maximum Gasteiger partial charge on any atom is 0.309 e. The normalized spacial score (nSPS) is 14.8. The van der Waals surface area contributed by atoms with Crippen LogP contribution in [0.2, 0.25) is 0 Å². The van der Waals surface area contributed by atoms with E-state index in [1.807, 2.05) is 0 Å². The molecule has 0 saturated carbocycles. The van der Waals surface area contributed by atoms with Crippen molar-refractivity contribution in [3.8, 4) is 0 Å². The summed E-state index contributed by atoms with van der Waals surface area (Å²) in [7, 11) is 0. The molecule has 0 amide bonds. The van der Waals surface area contributed by atoms with E-state index in [1.54, 1.807) is 13.8 Å². The lowest BCUT2D eigenvalue weighted by molar-refractivity contribution is -0.146. The van der Waals surface area contributed by atoms with Gasteiger partial charge < -0.3 is 9.67 Å². The fourth-order valence-electron chi connectivity index (χ4n) is 3.05. The molecule has 0 saturated heterocycles. The second kappa shape index (κ2) is 4.62. The van der Waals surface area contributed by atoms with Crippen molar-refractivity contribution in [1.82, 2.24) is 4.57 Å². The van der Waals surface area contributed by atoms with Gasteiger partial charge in [-0.3, -0.25) is 4.79 Å². The van der Waals surface area contributed by atoms with Gasteiger partial charge in [-0.15, -0.1) is 0 Å². The summed E-state index contributed by atoms with van der Waals surface area (Å²) in [6.45, 7) is 4.63. The average molecular weight is 336 g/mol. The SMILES string of the molecule is CC(C)(Cc1cc2c3c(c1)c(Br)cn3CCC2)C(=O)O. The van der Waals surface area contributed by atoms with Crippen LogP contribution in [0.4, 0.5) is 0 Å². The highest BCUT2D eigenvalue weighted by atomic mass is 79.9. The van der Waals surface area contributed by atoms with E-state index >= 15 is 0 Å². The fraction of sp³-hybridized carbons (Fsp3) is 0.438. The Bertz CT molecular complexity index is 700. The Labute approximate surface area is 126 Å².